The van der Waals surface area contributed by atoms with Crippen molar-refractivity contribution in [2.24, 2.45) is 0 Å². The molecule has 3 aromatic heterocycles. The van der Waals surface area contributed by atoms with E-state index in [0.717, 1.165) is 22.5 Å². The average molecular weight is 638 g/mol. The number of nitriles is 1. The van der Waals surface area contributed by atoms with Gasteiger partial charge in [0.05, 0.1) is 65.8 Å². The monoisotopic (exact) mass is 637 g/mol. The van der Waals surface area contributed by atoms with Crippen LogP contribution < -0.4 is 15.8 Å². The molecular formula is C29H25ClFN7O5S. The maximum Gasteiger partial charge on any atom is 0.319 e. The summed E-state index contributed by atoms with van der Waals surface area (Å²) in [5, 5.41) is 22.9. The Morgan fingerprint density at radius 3 is 2.77 bits per heavy atom. The quantitative estimate of drug-likeness (QED) is 0.231. The van der Waals surface area contributed by atoms with Crippen molar-refractivity contribution in [1.82, 2.24) is 20.2 Å². The Morgan fingerprint density at radius 1 is 1.16 bits per heavy atom. The lowest BCUT2D eigenvalue weighted by Gasteiger charge is -2.23. The number of nitrogens with zero attached hydrogens (tertiary/aromatic N) is 5. The Hall–Kier alpha value is -4.13. The molecule has 226 valence electrons. The maximum atomic E-state index is 14.9. The van der Waals surface area contributed by atoms with Gasteiger partial charge in [-0.2, -0.15) is 15.2 Å². The first kappa shape index (κ1) is 28.6. The third-order valence-electron chi connectivity index (χ3n) is 7.48. The molecule has 15 heteroatoms. The van der Waals surface area contributed by atoms with Crippen molar-refractivity contribution in [3.63, 3.8) is 0 Å². The molecule has 1 atom stereocenters. The highest BCUT2D eigenvalue weighted by molar-refractivity contribution is 7.23. The van der Waals surface area contributed by atoms with Crippen molar-refractivity contribution in [2.75, 3.05) is 37.5 Å². The number of nitrogens with two attached hydrogens (primary N) is 1. The van der Waals surface area contributed by atoms with Gasteiger partial charge in [0.1, 0.15) is 35.4 Å². The summed E-state index contributed by atoms with van der Waals surface area (Å²) in [6, 6.07) is 5.14. The second-order valence-corrected chi connectivity index (χ2v) is 11.6. The molecule has 7 rings (SSSR count). The second-order valence-electron chi connectivity index (χ2n) is 10.1. The molecule has 1 saturated heterocycles. The number of hydrogen-bond acceptors (Lipinski definition) is 13. The van der Waals surface area contributed by atoms with Crippen molar-refractivity contribution >= 4 is 54.7 Å². The van der Waals surface area contributed by atoms with Gasteiger partial charge in [-0.15, -0.1) is 21.5 Å². The van der Waals surface area contributed by atoms with E-state index in [-0.39, 0.29) is 58.8 Å². The molecule has 0 aliphatic carbocycles. The summed E-state index contributed by atoms with van der Waals surface area (Å²) < 4.78 is 44.0. The Bertz CT molecular complexity index is 1950. The number of benzene rings is 2. The second kappa shape index (κ2) is 11.8. The first-order valence-electron chi connectivity index (χ1n) is 13.9. The van der Waals surface area contributed by atoms with Crippen LogP contribution in [0.25, 0.3) is 32.1 Å². The zero-order valence-electron chi connectivity index (χ0n) is 23.4. The number of thiophene rings is 1. The van der Waals surface area contributed by atoms with E-state index < -0.39 is 5.82 Å². The molecule has 0 amide bonds. The average Bonchev–Trinajstić information content (AvgIpc) is 3.79. The molecule has 5 aromatic rings. The number of aromatic nitrogens is 4. The Kier molecular flexibility index (Phi) is 7.65. The number of anilines is 2. The molecule has 0 bridgehead atoms. The molecule has 2 aliphatic heterocycles. The van der Waals surface area contributed by atoms with Gasteiger partial charge in [-0.05, 0) is 22.8 Å². The standard InChI is InChI=1S/C29H25ClFN7O5S/c1-2-19-37-38-20(43-19)8-34-28-23-17-12-40-11-16(17)21(14-3-4-18(31)26-22(14)15(7-32)27(33)44-26)24(30)25(23)35-29(36-28)42-10-13-9-39-5-6-41-13/h3-4,13H,2,5-6,8-12,33H2,1H3,(H,34,35,36)/t13-/m1/s1. The summed E-state index contributed by atoms with van der Waals surface area (Å²) in [7, 11) is 0. The highest BCUT2D eigenvalue weighted by Crippen LogP contribution is 2.49. The molecule has 0 radical (unpaired) electrons. The Morgan fingerprint density at radius 2 is 2.00 bits per heavy atom. The molecule has 44 heavy (non-hydrogen) atoms. The smallest absolute Gasteiger partial charge is 0.319 e. The number of hydrogen-bond donors (Lipinski definition) is 2. The highest BCUT2D eigenvalue weighted by Gasteiger charge is 2.30. The van der Waals surface area contributed by atoms with Gasteiger partial charge >= 0.3 is 6.01 Å². The van der Waals surface area contributed by atoms with E-state index >= 15 is 0 Å². The van der Waals surface area contributed by atoms with Crippen LogP contribution in [0.5, 0.6) is 6.01 Å². The van der Waals surface area contributed by atoms with E-state index in [0.29, 0.717) is 71.3 Å². The fourth-order valence-electron chi connectivity index (χ4n) is 5.46. The number of ether oxygens (including phenoxy) is 4. The van der Waals surface area contributed by atoms with E-state index in [4.69, 9.17) is 45.7 Å². The van der Waals surface area contributed by atoms with E-state index in [1.54, 1.807) is 6.07 Å². The predicted octanol–water partition coefficient (Wildman–Crippen LogP) is 5.14. The molecular weight excluding hydrogens is 613 g/mol. The third kappa shape index (κ3) is 4.96. The van der Waals surface area contributed by atoms with Crippen molar-refractivity contribution in [3.8, 4) is 23.2 Å². The number of halogens is 2. The first-order valence-corrected chi connectivity index (χ1v) is 15.1. The summed E-state index contributed by atoms with van der Waals surface area (Å²) in [6.07, 6.45) is 0.322. The van der Waals surface area contributed by atoms with E-state index in [1.165, 1.54) is 6.07 Å². The van der Waals surface area contributed by atoms with Crippen LogP contribution in [0, 0.1) is 17.1 Å². The topological polar surface area (TPSA) is 163 Å². The predicted molar refractivity (Wildman–Crippen MR) is 160 cm³/mol. The summed E-state index contributed by atoms with van der Waals surface area (Å²) in [4.78, 5) is 9.42. The zero-order chi connectivity index (χ0) is 30.4. The van der Waals surface area contributed by atoms with Crippen molar-refractivity contribution in [1.29, 1.82) is 5.26 Å². The summed E-state index contributed by atoms with van der Waals surface area (Å²) >= 11 is 8.24. The van der Waals surface area contributed by atoms with Crippen LogP contribution in [-0.2, 0) is 40.4 Å². The number of aryl methyl sites for hydroxylation is 1. The van der Waals surface area contributed by atoms with Gasteiger partial charge in [0.15, 0.2) is 0 Å². The molecule has 2 aromatic carbocycles. The number of nitrogens with one attached hydrogen (secondary N) is 1. The fourth-order valence-corrected chi connectivity index (χ4v) is 6.76. The fraction of sp³-hybridized carbons (Fsp3) is 0.345. The third-order valence-corrected chi connectivity index (χ3v) is 8.87. The molecule has 5 heterocycles. The van der Waals surface area contributed by atoms with Gasteiger partial charge in [-0.25, -0.2) is 4.39 Å². The molecule has 0 unspecified atom stereocenters. The number of rotatable bonds is 8. The van der Waals surface area contributed by atoms with Crippen LogP contribution in [0.3, 0.4) is 0 Å². The SMILES string of the molecule is CCc1nnc(CNc2nc(OC[C@H]3COCCO3)nc3c(Cl)c(-c4ccc(F)c5sc(N)c(C#N)c45)c4c(c23)COC4)o1. The lowest BCUT2D eigenvalue weighted by atomic mass is 9.91. The minimum atomic E-state index is -0.475. The maximum absolute atomic E-state index is 14.9. The number of nitrogen functional groups attached to an aromatic ring is 1. The summed E-state index contributed by atoms with van der Waals surface area (Å²) in [6.45, 7) is 4.14. The molecule has 0 spiro atoms. The molecule has 0 saturated carbocycles. The van der Waals surface area contributed by atoms with E-state index in [1.807, 2.05) is 6.92 Å². The Balaban J connectivity index is 1.41. The van der Waals surface area contributed by atoms with Crippen molar-refractivity contribution in [2.45, 2.75) is 39.2 Å². The van der Waals surface area contributed by atoms with Crippen LogP contribution in [-0.4, -0.2) is 52.7 Å². The lowest BCUT2D eigenvalue weighted by Crippen LogP contribution is -2.33. The minimum absolute atomic E-state index is 0.0578. The van der Waals surface area contributed by atoms with Crippen LogP contribution >= 0.6 is 22.9 Å². The minimum Gasteiger partial charge on any atom is -0.461 e. The Labute approximate surface area is 258 Å². The van der Waals surface area contributed by atoms with Crippen molar-refractivity contribution < 1.29 is 27.8 Å². The molecule has 12 nitrogen and oxygen atoms in total. The van der Waals surface area contributed by atoms with Crippen LogP contribution in [0.2, 0.25) is 5.02 Å². The summed E-state index contributed by atoms with van der Waals surface area (Å²) in [5.74, 6) is 0.857. The van der Waals surface area contributed by atoms with Gasteiger partial charge < -0.3 is 34.4 Å². The molecule has 3 N–H and O–H groups in total. The normalized spacial score (nSPS) is 16.4. The number of fused-ring (bicyclic) bond motifs is 4. The first-order chi connectivity index (χ1) is 21.5. The highest BCUT2D eigenvalue weighted by atomic mass is 35.5. The summed E-state index contributed by atoms with van der Waals surface area (Å²) in [5.41, 5.74) is 9.44. The van der Waals surface area contributed by atoms with E-state index in [9.17, 15) is 9.65 Å². The van der Waals surface area contributed by atoms with Gasteiger partial charge in [0, 0.05) is 17.4 Å². The molecule has 2 aliphatic rings. The van der Waals surface area contributed by atoms with Crippen LogP contribution in [0.15, 0.2) is 16.5 Å². The van der Waals surface area contributed by atoms with Crippen molar-refractivity contribution in [3.05, 3.63) is 51.4 Å². The van der Waals surface area contributed by atoms with Crippen LogP contribution in [0.1, 0.15) is 35.4 Å². The van der Waals surface area contributed by atoms with Crippen LogP contribution in [0.4, 0.5) is 15.2 Å². The zero-order valence-corrected chi connectivity index (χ0v) is 25.0. The van der Waals surface area contributed by atoms with Gasteiger partial charge in [0.2, 0.25) is 11.8 Å². The lowest BCUT2D eigenvalue weighted by molar-refractivity contribution is -0.102. The van der Waals surface area contributed by atoms with Gasteiger partial charge in [0.25, 0.3) is 0 Å². The van der Waals surface area contributed by atoms with Gasteiger partial charge in [-0.1, -0.05) is 24.6 Å². The van der Waals surface area contributed by atoms with Gasteiger partial charge in [-0.3, -0.25) is 0 Å². The molecule has 1 fully saturated rings. The van der Waals surface area contributed by atoms with E-state index in [2.05, 4.69) is 26.6 Å². The largest absolute Gasteiger partial charge is 0.461 e.